The summed E-state index contributed by atoms with van der Waals surface area (Å²) in [5.74, 6) is 0.982. The van der Waals surface area contributed by atoms with Crippen molar-refractivity contribution in [3.8, 4) is 5.75 Å². The smallest absolute Gasteiger partial charge is 0.221 e. The fourth-order valence-electron chi connectivity index (χ4n) is 3.10. The van der Waals surface area contributed by atoms with Crippen LogP contribution in [0.5, 0.6) is 5.75 Å². The molecule has 4 heteroatoms. The van der Waals surface area contributed by atoms with Crippen LogP contribution < -0.4 is 15.4 Å². The molecular weight excluding hydrogens is 312 g/mol. The van der Waals surface area contributed by atoms with Gasteiger partial charge >= 0.3 is 0 Å². The van der Waals surface area contributed by atoms with Gasteiger partial charge in [-0.25, -0.2) is 0 Å². The van der Waals surface area contributed by atoms with Crippen molar-refractivity contribution in [2.24, 2.45) is 0 Å². The van der Waals surface area contributed by atoms with Crippen molar-refractivity contribution in [1.82, 2.24) is 5.32 Å². The molecule has 2 N–H and O–H groups in total. The molecule has 3 rings (SSSR count). The van der Waals surface area contributed by atoms with Gasteiger partial charge in [0.15, 0.2) is 0 Å². The average Bonchev–Trinajstić information content (AvgIpc) is 3.15. The lowest BCUT2D eigenvalue weighted by Gasteiger charge is -2.12. The molecule has 0 radical (unpaired) electrons. The predicted octanol–water partition coefficient (Wildman–Crippen LogP) is 4.13. The van der Waals surface area contributed by atoms with E-state index in [-0.39, 0.29) is 5.91 Å². The standard InChI is InChI=1S/C21H26N2O2/c24-21(23-19-8-4-5-9-19)14-15-22-18-10-12-20(13-11-18)25-16-17-6-2-1-3-7-17/h1-3,6-7,10-13,19,22H,4-5,8-9,14-16H2,(H,23,24). The molecule has 0 atom stereocenters. The first-order valence-corrected chi connectivity index (χ1v) is 9.09. The van der Waals surface area contributed by atoms with E-state index in [0.717, 1.165) is 29.8 Å². The highest BCUT2D eigenvalue weighted by molar-refractivity contribution is 5.76. The Kier molecular flexibility index (Phi) is 6.32. The van der Waals surface area contributed by atoms with E-state index in [0.29, 0.717) is 25.6 Å². The predicted molar refractivity (Wildman–Crippen MR) is 101 cm³/mol. The van der Waals surface area contributed by atoms with Crippen LogP contribution >= 0.6 is 0 Å². The first kappa shape index (κ1) is 17.3. The van der Waals surface area contributed by atoms with Crippen LogP contribution in [0.15, 0.2) is 54.6 Å². The second-order valence-corrected chi connectivity index (χ2v) is 6.52. The number of rotatable bonds is 8. The number of carbonyl (C=O) groups is 1. The van der Waals surface area contributed by atoms with Gasteiger partial charge in [-0.1, -0.05) is 43.2 Å². The van der Waals surface area contributed by atoms with Crippen LogP contribution in [0.2, 0.25) is 0 Å². The van der Waals surface area contributed by atoms with Gasteiger partial charge in [0, 0.05) is 24.7 Å². The molecule has 1 amide bonds. The zero-order valence-electron chi connectivity index (χ0n) is 14.5. The maximum Gasteiger partial charge on any atom is 0.221 e. The third-order valence-corrected chi connectivity index (χ3v) is 4.50. The van der Waals surface area contributed by atoms with Gasteiger partial charge in [-0.3, -0.25) is 4.79 Å². The molecule has 132 valence electrons. The highest BCUT2D eigenvalue weighted by Gasteiger charge is 2.16. The minimum Gasteiger partial charge on any atom is -0.489 e. The summed E-state index contributed by atoms with van der Waals surface area (Å²) in [6.07, 6.45) is 5.24. The quantitative estimate of drug-likeness (QED) is 0.761. The van der Waals surface area contributed by atoms with Crippen molar-refractivity contribution < 1.29 is 9.53 Å². The van der Waals surface area contributed by atoms with E-state index >= 15 is 0 Å². The summed E-state index contributed by atoms with van der Waals surface area (Å²) >= 11 is 0. The molecule has 0 heterocycles. The molecule has 4 nitrogen and oxygen atoms in total. The fourth-order valence-corrected chi connectivity index (χ4v) is 3.10. The van der Waals surface area contributed by atoms with E-state index < -0.39 is 0 Å². The first-order valence-electron chi connectivity index (χ1n) is 9.09. The summed E-state index contributed by atoms with van der Waals surface area (Å²) < 4.78 is 5.77. The summed E-state index contributed by atoms with van der Waals surface area (Å²) in [7, 11) is 0. The lowest BCUT2D eigenvalue weighted by Crippen LogP contribution is -2.33. The number of hydrogen-bond donors (Lipinski definition) is 2. The Hall–Kier alpha value is -2.49. The molecule has 0 unspecified atom stereocenters. The normalized spacial score (nSPS) is 14.2. The minimum absolute atomic E-state index is 0.141. The van der Waals surface area contributed by atoms with Gasteiger partial charge < -0.3 is 15.4 Å². The molecular formula is C21H26N2O2. The lowest BCUT2D eigenvalue weighted by atomic mass is 10.2. The van der Waals surface area contributed by atoms with Crippen LogP contribution in [-0.4, -0.2) is 18.5 Å². The number of benzene rings is 2. The van der Waals surface area contributed by atoms with Gasteiger partial charge in [0.05, 0.1) is 0 Å². The topological polar surface area (TPSA) is 50.4 Å². The van der Waals surface area contributed by atoms with E-state index in [1.807, 2.05) is 54.6 Å². The fraction of sp³-hybridized carbons (Fsp3) is 0.381. The molecule has 0 spiro atoms. The van der Waals surface area contributed by atoms with Gasteiger partial charge in [0.2, 0.25) is 5.91 Å². The Morgan fingerprint density at radius 2 is 1.72 bits per heavy atom. The van der Waals surface area contributed by atoms with Crippen molar-refractivity contribution >= 4 is 11.6 Å². The van der Waals surface area contributed by atoms with E-state index in [1.54, 1.807) is 0 Å². The number of carbonyl (C=O) groups excluding carboxylic acids is 1. The van der Waals surface area contributed by atoms with Crippen molar-refractivity contribution in [2.75, 3.05) is 11.9 Å². The van der Waals surface area contributed by atoms with Gasteiger partial charge in [0.1, 0.15) is 12.4 Å². The van der Waals surface area contributed by atoms with Gasteiger partial charge in [-0.05, 0) is 42.7 Å². The lowest BCUT2D eigenvalue weighted by molar-refractivity contribution is -0.121. The second kappa shape index (κ2) is 9.11. The minimum atomic E-state index is 0.141. The molecule has 1 fully saturated rings. The van der Waals surface area contributed by atoms with Crippen LogP contribution in [0, 0.1) is 0 Å². The zero-order chi connectivity index (χ0) is 17.3. The number of nitrogens with one attached hydrogen (secondary N) is 2. The maximum atomic E-state index is 11.9. The summed E-state index contributed by atoms with van der Waals surface area (Å²) in [5, 5.41) is 6.39. The SMILES string of the molecule is O=C(CCNc1ccc(OCc2ccccc2)cc1)NC1CCCC1. The molecule has 2 aromatic carbocycles. The Balaban J connectivity index is 1.36. The van der Waals surface area contributed by atoms with Crippen molar-refractivity contribution in [3.63, 3.8) is 0 Å². The number of hydrogen-bond acceptors (Lipinski definition) is 3. The molecule has 0 bridgehead atoms. The second-order valence-electron chi connectivity index (χ2n) is 6.52. The molecule has 25 heavy (non-hydrogen) atoms. The van der Waals surface area contributed by atoms with Crippen LogP contribution in [-0.2, 0) is 11.4 Å². The number of anilines is 1. The maximum absolute atomic E-state index is 11.9. The van der Waals surface area contributed by atoms with Crippen LogP contribution in [0.4, 0.5) is 5.69 Å². The highest BCUT2D eigenvalue weighted by atomic mass is 16.5. The molecule has 1 aliphatic rings. The highest BCUT2D eigenvalue weighted by Crippen LogP contribution is 2.18. The molecule has 0 aromatic heterocycles. The van der Waals surface area contributed by atoms with Crippen molar-refractivity contribution in [3.05, 3.63) is 60.2 Å². The Morgan fingerprint density at radius 1 is 1.00 bits per heavy atom. The zero-order valence-corrected chi connectivity index (χ0v) is 14.5. The first-order chi connectivity index (χ1) is 12.3. The monoisotopic (exact) mass is 338 g/mol. The average molecular weight is 338 g/mol. The third-order valence-electron chi connectivity index (χ3n) is 4.50. The number of amides is 1. The third kappa shape index (κ3) is 5.82. The number of ether oxygens (including phenoxy) is 1. The Morgan fingerprint density at radius 3 is 2.44 bits per heavy atom. The molecule has 1 aliphatic carbocycles. The van der Waals surface area contributed by atoms with E-state index in [4.69, 9.17) is 4.74 Å². The van der Waals surface area contributed by atoms with Crippen LogP contribution in [0.3, 0.4) is 0 Å². The molecule has 2 aromatic rings. The van der Waals surface area contributed by atoms with E-state index in [9.17, 15) is 4.79 Å². The molecule has 0 aliphatic heterocycles. The summed E-state index contributed by atoms with van der Waals surface area (Å²) in [4.78, 5) is 11.9. The Labute approximate surface area is 149 Å². The van der Waals surface area contributed by atoms with Crippen LogP contribution in [0.25, 0.3) is 0 Å². The van der Waals surface area contributed by atoms with Gasteiger partial charge in [0.25, 0.3) is 0 Å². The van der Waals surface area contributed by atoms with Crippen molar-refractivity contribution in [2.45, 2.75) is 44.8 Å². The van der Waals surface area contributed by atoms with Gasteiger partial charge in [-0.15, -0.1) is 0 Å². The summed E-state index contributed by atoms with van der Waals surface area (Å²) in [6, 6.07) is 18.4. The largest absolute Gasteiger partial charge is 0.489 e. The van der Waals surface area contributed by atoms with Crippen LogP contribution in [0.1, 0.15) is 37.7 Å². The van der Waals surface area contributed by atoms with Crippen molar-refractivity contribution in [1.29, 1.82) is 0 Å². The Bertz CT molecular complexity index is 649. The van der Waals surface area contributed by atoms with E-state index in [2.05, 4.69) is 10.6 Å². The summed E-state index contributed by atoms with van der Waals surface area (Å²) in [6.45, 7) is 1.21. The molecule has 1 saturated carbocycles. The summed E-state index contributed by atoms with van der Waals surface area (Å²) in [5.41, 5.74) is 2.15. The van der Waals surface area contributed by atoms with Gasteiger partial charge in [-0.2, -0.15) is 0 Å². The molecule has 0 saturated heterocycles. The van der Waals surface area contributed by atoms with E-state index in [1.165, 1.54) is 12.8 Å².